The molecule has 1 aromatic heterocycles. The van der Waals surface area contributed by atoms with Gasteiger partial charge in [0.05, 0.1) is 10.9 Å². The van der Waals surface area contributed by atoms with E-state index in [4.69, 9.17) is 27.9 Å². The number of nitrogens with zero attached hydrogens (tertiary/aromatic N) is 2. The summed E-state index contributed by atoms with van der Waals surface area (Å²) >= 11 is 14.3. The predicted molar refractivity (Wildman–Crippen MR) is 98.0 cm³/mol. The molecule has 0 amide bonds. The largest absolute Gasteiger partial charge is 0.460 e. The van der Waals surface area contributed by atoms with E-state index in [1.807, 2.05) is 18.2 Å². The molecule has 24 heavy (non-hydrogen) atoms. The summed E-state index contributed by atoms with van der Waals surface area (Å²) in [5, 5.41) is -0.370. The lowest BCUT2D eigenvalue weighted by atomic mass is 10.2. The minimum atomic E-state index is -0.480. The molecule has 0 spiro atoms. The van der Waals surface area contributed by atoms with Gasteiger partial charge in [0.25, 0.3) is 0 Å². The molecule has 0 N–H and O–H groups in total. The minimum Gasteiger partial charge on any atom is -0.460 e. The Labute approximate surface area is 155 Å². The highest BCUT2D eigenvalue weighted by Crippen LogP contribution is 2.22. The molecule has 7 heteroatoms. The molecule has 0 saturated carbocycles. The number of esters is 1. The average Bonchev–Trinajstić information content (AvgIpc) is 2.61. The van der Waals surface area contributed by atoms with E-state index in [0.717, 1.165) is 12.2 Å². The van der Waals surface area contributed by atoms with Crippen molar-refractivity contribution in [2.45, 2.75) is 28.5 Å². The zero-order valence-corrected chi connectivity index (χ0v) is 15.3. The Hall–Kier alpha value is -1.30. The lowest BCUT2D eigenvalue weighted by molar-refractivity contribution is 0.0500. The second-order valence-corrected chi connectivity index (χ2v) is 7.51. The summed E-state index contributed by atoms with van der Waals surface area (Å²) in [6.45, 7) is 0.115. The standard InChI is InChI=1S/C17H18Cl2N2O2S/c18-14(6-7-24-16-4-2-1-3-5-16)8-15(19)11-23-17(22)13-9-20-12-21-10-13/h1-5,9-10,12,14-15H,6-8,11H2. The Balaban J connectivity index is 1.62. The molecule has 0 radical (unpaired) electrons. The summed E-state index contributed by atoms with van der Waals surface area (Å²) < 4.78 is 5.15. The summed E-state index contributed by atoms with van der Waals surface area (Å²) in [5.41, 5.74) is 0.308. The SMILES string of the molecule is O=C(OCC(Cl)CC(Cl)CCSc1ccccc1)c1cncnc1. The van der Waals surface area contributed by atoms with Crippen LogP contribution in [0.2, 0.25) is 0 Å². The van der Waals surface area contributed by atoms with Gasteiger partial charge in [0.15, 0.2) is 0 Å². The van der Waals surface area contributed by atoms with Crippen LogP contribution in [0.15, 0.2) is 53.9 Å². The number of thioether (sulfide) groups is 1. The van der Waals surface area contributed by atoms with Gasteiger partial charge < -0.3 is 4.74 Å². The highest BCUT2D eigenvalue weighted by Gasteiger charge is 2.15. The van der Waals surface area contributed by atoms with Crippen molar-refractivity contribution in [1.82, 2.24) is 9.97 Å². The Morgan fingerprint density at radius 2 is 1.83 bits per heavy atom. The van der Waals surface area contributed by atoms with E-state index in [2.05, 4.69) is 22.1 Å². The first-order valence-electron chi connectivity index (χ1n) is 7.53. The molecular weight excluding hydrogens is 367 g/mol. The average molecular weight is 385 g/mol. The Bertz CT molecular complexity index is 617. The molecule has 0 aliphatic rings. The fourth-order valence-corrected chi connectivity index (χ4v) is 3.75. The summed E-state index contributed by atoms with van der Waals surface area (Å²) in [6, 6.07) is 10.2. The van der Waals surface area contributed by atoms with Gasteiger partial charge in [0.1, 0.15) is 12.9 Å². The smallest absolute Gasteiger partial charge is 0.341 e. The molecule has 2 rings (SSSR count). The first kappa shape index (κ1) is 19.0. The van der Waals surface area contributed by atoms with E-state index in [1.54, 1.807) is 11.8 Å². The van der Waals surface area contributed by atoms with Crippen LogP contribution in [0.3, 0.4) is 0 Å². The van der Waals surface area contributed by atoms with Crippen molar-refractivity contribution in [3.63, 3.8) is 0 Å². The van der Waals surface area contributed by atoms with Crippen LogP contribution in [-0.4, -0.2) is 39.1 Å². The van der Waals surface area contributed by atoms with Crippen LogP contribution < -0.4 is 0 Å². The summed E-state index contributed by atoms with van der Waals surface area (Å²) in [4.78, 5) is 20.5. The molecule has 128 valence electrons. The molecule has 1 heterocycles. The van der Waals surface area contributed by atoms with Gasteiger partial charge in [0, 0.05) is 22.7 Å². The van der Waals surface area contributed by atoms with Gasteiger partial charge in [-0.05, 0) is 30.7 Å². The van der Waals surface area contributed by atoms with E-state index < -0.39 is 5.97 Å². The predicted octanol–water partition coefficient (Wildman–Crippen LogP) is 4.42. The molecule has 0 bridgehead atoms. The fourth-order valence-electron chi connectivity index (χ4n) is 1.94. The molecule has 2 atom stereocenters. The zero-order valence-electron chi connectivity index (χ0n) is 13.0. The molecule has 2 unspecified atom stereocenters. The quantitative estimate of drug-likeness (QED) is 0.363. The molecular formula is C17H18Cl2N2O2S. The molecule has 0 saturated heterocycles. The molecule has 0 aliphatic heterocycles. The molecule has 0 aliphatic carbocycles. The second-order valence-electron chi connectivity index (χ2n) is 5.11. The highest BCUT2D eigenvalue weighted by molar-refractivity contribution is 7.99. The lowest BCUT2D eigenvalue weighted by Crippen LogP contribution is -2.18. The normalized spacial score (nSPS) is 13.2. The van der Waals surface area contributed by atoms with Gasteiger partial charge >= 0.3 is 5.97 Å². The maximum atomic E-state index is 11.8. The highest BCUT2D eigenvalue weighted by atomic mass is 35.5. The third-order valence-corrected chi connectivity index (χ3v) is 4.89. The van der Waals surface area contributed by atoms with Crippen molar-refractivity contribution in [1.29, 1.82) is 0 Å². The van der Waals surface area contributed by atoms with Crippen molar-refractivity contribution in [2.24, 2.45) is 0 Å². The molecule has 1 aromatic carbocycles. The zero-order chi connectivity index (χ0) is 17.2. The number of hydrogen-bond acceptors (Lipinski definition) is 5. The number of alkyl halides is 2. The number of carbonyl (C=O) groups is 1. The van der Waals surface area contributed by atoms with Gasteiger partial charge in [-0.15, -0.1) is 35.0 Å². The van der Waals surface area contributed by atoms with E-state index in [-0.39, 0.29) is 17.4 Å². The monoisotopic (exact) mass is 384 g/mol. The third-order valence-electron chi connectivity index (χ3n) is 3.15. The van der Waals surface area contributed by atoms with Crippen molar-refractivity contribution < 1.29 is 9.53 Å². The van der Waals surface area contributed by atoms with E-state index in [9.17, 15) is 4.79 Å². The number of carbonyl (C=O) groups excluding carboxylic acids is 1. The minimum absolute atomic E-state index is 0.0533. The van der Waals surface area contributed by atoms with Gasteiger partial charge in [-0.3, -0.25) is 0 Å². The Morgan fingerprint density at radius 1 is 1.12 bits per heavy atom. The summed E-state index contributed by atoms with van der Waals surface area (Å²) in [5.74, 6) is 0.440. The molecule has 0 fully saturated rings. The number of aromatic nitrogens is 2. The van der Waals surface area contributed by atoms with Gasteiger partial charge in [-0.2, -0.15) is 0 Å². The first-order valence-corrected chi connectivity index (χ1v) is 9.39. The van der Waals surface area contributed by atoms with Gasteiger partial charge in [-0.1, -0.05) is 18.2 Å². The Kier molecular flexibility index (Phi) is 8.36. The summed E-state index contributed by atoms with van der Waals surface area (Å²) in [6.07, 6.45) is 5.59. The van der Waals surface area contributed by atoms with Crippen LogP contribution in [0.4, 0.5) is 0 Å². The number of hydrogen-bond donors (Lipinski definition) is 0. The third kappa shape index (κ3) is 7.07. The van der Waals surface area contributed by atoms with Crippen LogP contribution in [-0.2, 0) is 4.74 Å². The first-order chi connectivity index (χ1) is 11.6. The van der Waals surface area contributed by atoms with Crippen molar-refractivity contribution >= 4 is 40.9 Å². The number of halogens is 2. The summed E-state index contributed by atoms with van der Waals surface area (Å²) in [7, 11) is 0. The van der Waals surface area contributed by atoms with Crippen molar-refractivity contribution in [3.05, 3.63) is 54.6 Å². The van der Waals surface area contributed by atoms with Crippen LogP contribution in [0.25, 0.3) is 0 Å². The van der Waals surface area contributed by atoms with Gasteiger partial charge in [0.2, 0.25) is 0 Å². The van der Waals surface area contributed by atoms with E-state index in [1.165, 1.54) is 23.6 Å². The van der Waals surface area contributed by atoms with Crippen LogP contribution in [0.5, 0.6) is 0 Å². The number of rotatable bonds is 9. The second kappa shape index (κ2) is 10.5. The van der Waals surface area contributed by atoms with Crippen molar-refractivity contribution in [2.75, 3.05) is 12.4 Å². The van der Waals surface area contributed by atoms with Crippen LogP contribution in [0.1, 0.15) is 23.2 Å². The lowest BCUT2D eigenvalue weighted by Gasteiger charge is -2.14. The number of ether oxygens (including phenoxy) is 1. The van der Waals surface area contributed by atoms with E-state index >= 15 is 0 Å². The topological polar surface area (TPSA) is 52.1 Å². The Morgan fingerprint density at radius 3 is 2.54 bits per heavy atom. The van der Waals surface area contributed by atoms with E-state index in [0.29, 0.717) is 12.0 Å². The molecule has 4 nitrogen and oxygen atoms in total. The van der Waals surface area contributed by atoms with Crippen molar-refractivity contribution in [3.8, 4) is 0 Å². The fraction of sp³-hybridized carbons (Fsp3) is 0.353. The maximum absolute atomic E-state index is 11.8. The van der Waals surface area contributed by atoms with Gasteiger partial charge in [-0.25, -0.2) is 14.8 Å². The maximum Gasteiger partial charge on any atom is 0.341 e. The van der Waals surface area contributed by atoms with Crippen LogP contribution in [0, 0.1) is 0 Å². The van der Waals surface area contributed by atoms with Crippen LogP contribution >= 0.6 is 35.0 Å². The molecule has 2 aromatic rings. The number of benzene rings is 1.